The Morgan fingerprint density at radius 3 is 2.50 bits per heavy atom. The van der Waals surface area contributed by atoms with E-state index in [0.717, 1.165) is 13.2 Å². The predicted molar refractivity (Wildman–Crippen MR) is 66.4 cm³/mol. The van der Waals surface area contributed by atoms with Gasteiger partial charge in [0.2, 0.25) is 0 Å². The largest absolute Gasteiger partial charge is 0.369 e. The Kier molecular flexibility index (Phi) is 3.97. The highest BCUT2D eigenvalue weighted by Crippen LogP contribution is 2.33. The van der Waals surface area contributed by atoms with E-state index in [1.165, 1.54) is 31.2 Å². The van der Waals surface area contributed by atoms with E-state index in [-0.39, 0.29) is 5.60 Å². The first-order chi connectivity index (χ1) is 7.85. The van der Waals surface area contributed by atoms with Crippen LogP contribution in [0.15, 0.2) is 30.3 Å². The number of benzene rings is 1. The van der Waals surface area contributed by atoms with Crippen molar-refractivity contribution >= 4 is 0 Å². The molecule has 2 nitrogen and oxygen atoms in total. The molecule has 0 atom stereocenters. The lowest BCUT2D eigenvalue weighted by Crippen LogP contribution is -2.39. The van der Waals surface area contributed by atoms with Crippen LogP contribution in [0.4, 0.5) is 0 Å². The van der Waals surface area contributed by atoms with Crippen LogP contribution in [-0.2, 0) is 11.3 Å². The normalized spacial score (nSPS) is 18.8. The molecule has 1 N–H and O–H groups in total. The van der Waals surface area contributed by atoms with Gasteiger partial charge in [-0.2, -0.15) is 0 Å². The van der Waals surface area contributed by atoms with Crippen LogP contribution in [0.1, 0.15) is 31.2 Å². The number of ether oxygens (including phenoxy) is 1. The van der Waals surface area contributed by atoms with Crippen molar-refractivity contribution in [1.82, 2.24) is 5.32 Å². The lowest BCUT2D eigenvalue weighted by Gasteiger charge is -2.29. The van der Waals surface area contributed by atoms with E-state index < -0.39 is 0 Å². The van der Waals surface area contributed by atoms with Gasteiger partial charge in [0.1, 0.15) is 0 Å². The zero-order chi connectivity index (χ0) is 11.3. The third-order valence-corrected chi connectivity index (χ3v) is 3.40. The van der Waals surface area contributed by atoms with Crippen LogP contribution in [0, 0.1) is 0 Å². The van der Waals surface area contributed by atoms with E-state index in [1.807, 2.05) is 13.1 Å². The molecule has 1 saturated carbocycles. The van der Waals surface area contributed by atoms with Crippen LogP contribution in [0.25, 0.3) is 0 Å². The fourth-order valence-corrected chi connectivity index (χ4v) is 2.52. The Balaban J connectivity index is 1.92. The molecular formula is C14H21NO. The van der Waals surface area contributed by atoms with Gasteiger partial charge in [-0.15, -0.1) is 0 Å². The maximum atomic E-state index is 6.15. The number of likely N-dealkylation sites (N-methyl/N-ethyl adjacent to an activating group) is 1. The molecule has 1 aliphatic rings. The Labute approximate surface area is 98.0 Å². The highest BCUT2D eigenvalue weighted by molar-refractivity contribution is 5.13. The van der Waals surface area contributed by atoms with Crippen molar-refractivity contribution in [1.29, 1.82) is 0 Å². The van der Waals surface area contributed by atoms with Gasteiger partial charge < -0.3 is 10.1 Å². The number of rotatable bonds is 5. The second-order valence-corrected chi connectivity index (χ2v) is 4.69. The average molecular weight is 219 g/mol. The van der Waals surface area contributed by atoms with Gasteiger partial charge in [-0.05, 0) is 25.5 Å². The van der Waals surface area contributed by atoms with Crippen LogP contribution in [-0.4, -0.2) is 19.2 Å². The minimum atomic E-state index is 0.0879. The van der Waals surface area contributed by atoms with Crippen LogP contribution >= 0.6 is 0 Å². The minimum absolute atomic E-state index is 0.0879. The van der Waals surface area contributed by atoms with Crippen molar-refractivity contribution in [3.63, 3.8) is 0 Å². The van der Waals surface area contributed by atoms with Crippen LogP contribution in [0.5, 0.6) is 0 Å². The fourth-order valence-electron chi connectivity index (χ4n) is 2.52. The number of nitrogens with one attached hydrogen (secondary N) is 1. The fraction of sp³-hybridized carbons (Fsp3) is 0.571. The van der Waals surface area contributed by atoms with E-state index in [9.17, 15) is 0 Å². The molecule has 0 spiro atoms. The van der Waals surface area contributed by atoms with E-state index in [2.05, 4.69) is 29.6 Å². The topological polar surface area (TPSA) is 21.3 Å². The van der Waals surface area contributed by atoms with Gasteiger partial charge in [0.25, 0.3) is 0 Å². The van der Waals surface area contributed by atoms with Gasteiger partial charge in [-0.3, -0.25) is 0 Å². The van der Waals surface area contributed by atoms with Crippen molar-refractivity contribution in [3.05, 3.63) is 35.9 Å². The van der Waals surface area contributed by atoms with Gasteiger partial charge in [0.05, 0.1) is 12.2 Å². The van der Waals surface area contributed by atoms with Crippen LogP contribution in [0.3, 0.4) is 0 Å². The first kappa shape index (κ1) is 11.6. The monoisotopic (exact) mass is 219 g/mol. The maximum absolute atomic E-state index is 6.15. The van der Waals surface area contributed by atoms with Crippen molar-refractivity contribution in [2.45, 2.75) is 37.9 Å². The van der Waals surface area contributed by atoms with Gasteiger partial charge in [-0.25, -0.2) is 0 Å². The Hall–Kier alpha value is -0.860. The molecule has 0 radical (unpaired) electrons. The summed E-state index contributed by atoms with van der Waals surface area (Å²) in [6.07, 6.45) is 4.99. The summed E-state index contributed by atoms with van der Waals surface area (Å²) in [4.78, 5) is 0. The molecule has 1 aliphatic carbocycles. The first-order valence-corrected chi connectivity index (χ1v) is 6.17. The molecule has 2 heteroatoms. The van der Waals surface area contributed by atoms with E-state index in [1.54, 1.807) is 0 Å². The smallest absolute Gasteiger partial charge is 0.0810 e. The standard InChI is InChI=1S/C14H21NO/c1-15-12-14(9-5-6-10-14)16-11-13-7-3-2-4-8-13/h2-4,7-8,15H,5-6,9-12H2,1H3. The lowest BCUT2D eigenvalue weighted by atomic mass is 10.0. The molecule has 0 saturated heterocycles. The Bertz CT molecular complexity index is 304. The quantitative estimate of drug-likeness (QED) is 0.822. The molecule has 1 aromatic carbocycles. The highest BCUT2D eigenvalue weighted by Gasteiger charge is 2.33. The van der Waals surface area contributed by atoms with Crippen molar-refractivity contribution in [2.75, 3.05) is 13.6 Å². The van der Waals surface area contributed by atoms with E-state index >= 15 is 0 Å². The van der Waals surface area contributed by atoms with Gasteiger partial charge in [0, 0.05) is 6.54 Å². The molecule has 0 aromatic heterocycles. The number of hydrogen-bond donors (Lipinski definition) is 1. The molecule has 2 rings (SSSR count). The van der Waals surface area contributed by atoms with Gasteiger partial charge >= 0.3 is 0 Å². The molecule has 0 heterocycles. The lowest BCUT2D eigenvalue weighted by molar-refractivity contribution is -0.0493. The van der Waals surface area contributed by atoms with Crippen molar-refractivity contribution < 1.29 is 4.74 Å². The van der Waals surface area contributed by atoms with Gasteiger partial charge in [0.15, 0.2) is 0 Å². The summed E-state index contributed by atoms with van der Waals surface area (Å²) in [5.74, 6) is 0. The summed E-state index contributed by atoms with van der Waals surface area (Å²) in [6, 6.07) is 10.4. The highest BCUT2D eigenvalue weighted by atomic mass is 16.5. The van der Waals surface area contributed by atoms with Crippen molar-refractivity contribution in [3.8, 4) is 0 Å². The van der Waals surface area contributed by atoms with Crippen LogP contribution < -0.4 is 5.32 Å². The summed E-state index contributed by atoms with van der Waals surface area (Å²) >= 11 is 0. The second-order valence-electron chi connectivity index (χ2n) is 4.69. The molecule has 88 valence electrons. The molecule has 0 bridgehead atoms. The molecule has 0 amide bonds. The first-order valence-electron chi connectivity index (χ1n) is 6.17. The SMILES string of the molecule is CNCC1(OCc2ccccc2)CCCC1. The van der Waals surface area contributed by atoms with Gasteiger partial charge in [-0.1, -0.05) is 43.2 Å². The summed E-state index contributed by atoms with van der Waals surface area (Å²) < 4.78 is 6.15. The summed E-state index contributed by atoms with van der Waals surface area (Å²) in [6.45, 7) is 1.71. The zero-order valence-electron chi connectivity index (χ0n) is 10.0. The zero-order valence-corrected chi connectivity index (χ0v) is 10.0. The summed E-state index contributed by atoms with van der Waals surface area (Å²) in [7, 11) is 2.01. The third-order valence-electron chi connectivity index (χ3n) is 3.40. The summed E-state index contributed by atoms with van der Waals surface area (Å²) in [5.41, 5.74) is 1.36. The molecule has 1 aromatic rings. The second kappa shape index (κ2) is 5.46. The van der Waals surface area contributed by atoms with Crippen LogP contribution in [0.2, 0.25) is 0 Å². The Morgan fingerprint density at radius 1 is 1.19 bits per heavy atom. The third kappa shape index (κ3) is 2.83. The summed E-state index contributed by atoms with van der Waals surface area (Å²) in [5, 5.41) is 3.26. The average Bonchev–Trinajstić information content (AvgIpc) is 2.78. The molecule has 0 unspecified atom stereocenters. The Morgan fingerprint density at radius 2 is 1.88 bits per heavy atom. The minimum Gasteiger partial charge on any atom is -0.369 e. The maximum Gasteiger partial charge on any atom is 0.0810 e. The van der Waals surface area contributed by atoms with Crippen molar-refractivity contribution in [2.24, 2.45) is 0 Å². The molecule has 1 fully saturated rings. The molecule has 0 aliphatic heterocycles. The molecule has 16 heavy (non-hydrogen) atoms. The van der Waals surface area contributed by atoms with E-state index in [0.29, 0.717) is 0 Å². The molecular weight excluding hydrogens is 198 g/mol. The number of hydrogen-bond acceptors (Lipinski definition) is 2. The predicted octanol–water partition coefficient (Wildman–Crippen LogP) is 2.74. The van der Waals surface area contributed by atoms with E-state index in [4.69, 9.17) is 4.74 Å².